The fraction of sp³-hybridized carbons (Fsp3) is 0.732. The maximum atomic E-state index is 16.0. The van der Waals surface area contributed by atoms with E-state index in [0.717, 1.165) is 63.6 Å². The normalized spacial score (nSPS) is 21.1. The number of ether oxygens (including phenoxy) is 4. The number of methoxy groups -OCH3 is 1. The van der Waals surface area contributed by atoms with Crippen LogP contribution in [0.1, 0.15) is 128 Å². The zero-order chi connectivity index (χ0) is 41.8. The van der Waals surface area contributed by atoms with E-state index in [1.54, 1.807) is 14.2 Å². The Morgan fingerprint density at radius 2 is 1.59 bits per heavy atom. The fourth-order valence-electron chi connectivity index (χ4n) is 7.06. The van der Waals surface area contributed by atoms with Crippen LogP contribution in [0.4, 0.5) is 16.2 Å². The molecule has 1 fully saturated rings. The van der Waals surface area contributed by atoms with E-state index in [2.05, 4.69) is 27.2 Å². The molecule has 0 spiro atoms. The van der Waals surface area contributed by atoms with Gasteiger partial charge in [0.1, 0.15) is 18.0 Å². The number of rotatable bonds is 31. The molecule has 6 atom stereocenters. The van der Waals surface area contributed by atoms with Crippen molar-refractivity contribution in [1.82, 2.24) is 19.5 Å². The summed E-state index contributed by atoms with van der Waals surface area (Å²) < 4.78 is 64.1. The van der Waals surface area contributed by atoms with E-state index in [-0.39, 0.29) is 24.8 Å². The zero-order valence-corrected chi connectivity index (χ0v) is 35.9. The average Bonchev–Trinajstić information content (AvgIpc) is 3.73. The molecule has 0 radical (unpaired) electrons. The number of halogens is 1. The number of alkyl halides is 1. The quantitative estimate of drug-likeness (QED) is 0.0356. The van der Waals surface area contributed by atoms with Gasteiger partial charge >= 0.3 is 7.82 Å². The predicted octanol–water partition coefficient (Wildman–Crippen LogP) is 8.44. The summed E-state index contributed by atoms with van der Waals surface area (Å²) in [6.45, 7) is 4.57. The minimum Gasteiger partial charge on any atom is -0.497 e. The summed E-state index contributed by atoms with van der Waals surface area (Å²) in [6, 6.07) is 7.47. The van der Waals surface area contributed by atoms with Crippen LogP contribution < -0.4 is 15.8 Å². The van der Waals surface area contributed by atoms with Gasteiger partial charge in [-0.2, -0.15) is 9.97 Å². The van der Waals surface area contributed by atoms with Gasteiger partial charge in [-0.25, -0.2) is 13.9 Å². The van der Waals surface area contributed by atoms with E-state index in [0.29, 0.717) is 17.8 Å². The first-order chi connectivity index (χ1) is 28.0. The Bertz CT molecular complexity index is 1650. The molecule has 17 heteroatoms. The van der Waals surface area contributed by atoms with Crippen molar-refractivity contribution < 1.29 is 47.0 Å². The van der Waals surface area contributed by atoms with Crippen LogP contribution in [0.3, 0.4) is 0 Å². The molecule has 2 aromatic heterocycles. The molecule has 0 bridgehead atoms. The average molecular weight is 839 g/mol. The number of fused-ring (bicyclic) bond motifs is 1. The maximum absolute atomic E-state index is 16.0. The van der Waals surface area contributed by atoms with Crippen LogP contribution in [0.25, 0.3) is 11.2 Å². The lowest BCUT2D eigenvalue weighted by atomic mass is 9.98. The third kappa shape index (κ3) is 15.3. The minimum absolute atomic E-state index is 0.0706. The first kappa shape index (κ1) is 47.7. The van der Waals surface area contributed by atoms with Crippen molar-refractivity contribution in [3.05, 3.63) is 36.2 Å². The highest BCUT2D eigenvalue weighted by Crippen LogP contribution is 2.47. The number of nitrogens with zero attached hydrogens (tertiary/aromatic N) is 4. The monoisotopic (exact) mass is 838 g/mol. The lowest BCUT2D eigenvalue weighted by molar-refractivity contribution is -0.0585. The summed E-state index contributed by atoms with van der Waals surface area (Å²) in [5, 5.41) is 13.8. The molecule has 15 nitrogen and oxygen atoms in total. The smallest absolute Gasteiger partial charge is 0.472 e. The third-order valence-corrected chi connectivity index (χ3v) is 11.5. The molecule has 1 aliphatic rings. The van der Waals surface area contributed by atoms with Gasteiger partial charge in [0.05, 0.1) is 39.4 Å². The third-order valence-electron chi connectivity index (χ3n) is 10.6. The molecule has 1 aromatic carbocycles. The zero-order valence-electron chi connectivity index (χ0n) is 35.0. The standard InChI is InChI=1S/C41H68FN6O9P/c1-5-6-7-8-12-15-18-25-53-26-19-16-13-10-9-11-14-17-20-33(54-27-31-21-23-32(52-4)24-22-31)28-55-58(50,51)56-29-34-36(49)41(2,42)39(57-34)48-30-45-35-37(44-3)46-40(43)47-38(35)48/h21-24,30,33-34,36,39,49H,5-20,25-29H2,1-4H3,(H,50,51)(H3,43,44,46,47)/t33-,34-,36?,39-,41-/m1/s1. The summed E-state index contributed by atoms with van der Waals surface area (Å²) in [5.74, 6) is 0.991. The molecular weight excluding hydrogens is 770 g/mol. The molecule has 5 N–H and O–H groups in total. The fourth-order valence-corrected chi connectivity index (χ4v) is 7.83. The second kappa shape index (κ2) is 25.0. The van der Waals surface area contributed by atoms with Crippen molar-refractivity contribution >= 4 is 30.8 Å². The molecule has 3 aromatic rings. The highest BCUT2D eigenvalue weighted by Gasteiger charge is 2.56. The number of benzene rings is 1. The van der Waals surface area contributed by atoms with Crippen LogP contribution in [0.15, 0.2) is 30.6 Å². The van der Waals surface area contributed by atoms with Gasteiger partial charge in [-0.1, -0.05) is 103 Å². The molecule has 1 aliphatic heterocycles. The number of unbranched alkanes of at least 4 members (excludes halogenated alkanes) is 13. The molecule has 0 aliphatic carbocycles. The van der Waals surface area contributed by atoms with E-state index >= 15 is 4.39 Å². The summed E-state index contributed by atoms with van der Waals surface area (Å²) in [6.07, 6.45) is 14.8. The number of nitrogen functional groups attached to an aromatic ring is 1. The van der Waals surface area contributed by atoms with E-state index in [1.165, 1.54) is 75.1 Å². The molecule has 2 unspecified atom stereocenters. The Kier molecular flexibility index (Phi) is 20.5. The van der Waals surface area contributed by atoms with E-state index in [9.17, 15) is 14.6 Å². The minimum atomic E-state index is -4.67. The number of aliphatic hydroxyl groups is 1. The number of hydrogen-bond donors (Lipinski definition) is 4. The van der Waals surface area contributed by atoms with Crippen molar-refractivity contribution in [2.45, 2.75) is 153 Å². The largest absolute Gasteiger partial charge is 0.497 e. The maximum Gasteiger partial charge on any atom is 0.472 e. The number of phosphoric acid groups is 1. The number of nitrogens with one attached hydrogen (secondary N) is 1. The Morgan fingerprint density at radius 3 is 2.21 bits per heavy atom. The lowest BCUT2D eigenvalue weighted by Crippen LogP contribution is -2.40. The van der Waals surface area contributed by atoms with Gasteiger partial charge in [0.25, 0.3) is 0 Å². The van der Waals surface area contributed by atoms with Gasteiger partial charge in [0.15, 0.2) is 28.9 Å². The van der Waals surface area contributed by atoms with Crippen LogP contribution in [0, 0.1) is 0 Å². The lowest BCUT2D eigenvalue weighted by Gasteiger charge is -2.24. The van der Waals surface area contributed by atoms with Crippen LogP contribution >= 0.6 is 7.82 Å². The first-order valence-electron chi connectivity index (χ1n) is 21.1. The second-order valence-corrected chi connectivity index (χ2v) is 16.8. The van der Waals surface area contributed by atoms with Crippen molar-refractivity contribution in [3.63, 3.8) is 0 Å². The molecule has 1 saturated heterocycles. The predicted molar refractivity (Wildman–Crippen MR) is 222 cm³/mol. The van der Waals surface area contributed by atoms with Crippen molar-refractivity contribution in [1.29, 1.82) is 0 Å². The molecule has 0 saturated carbocycles. The Labute approximate surface area is 343 Å². The molecule has 328 valence electrons. The van der Waals surface area contributed by atoms with Crippen LogP contribution in [0.2, 0.25) is 0 Å². The highest BCUT2D eigenvalue weighted by molar-refractivity contribution is 7.47. The molecule has 3 heterocycles. The van der Waals surface area contributed by atoms with Crippen LogP contribution in [-0.2, 0) is 34.4 Å². The Hall–Kier alpha value is -2.95. The number of nitrogens with two attached hydrogens (primary N) is 1. The van der Waals surface area contributed by atoms with E-state index < -0.39 is 44.6 Å². The summed E-state index contributed by atoms with van der Waals surface area (Å²) in [7, 11) is -1.44. The number of anilines is 2. The topological polar surface area (TPSA) is 195 Å². The number of imidazole rings is 1. The van der Waals surface area contributed by atoms with Gasteiger partial charge in [0.2, 0.25) is 5.95 Å². The van der Waals surface area contributed by atoms with Gasteiger partial charge in [-0.15, -0.1) is 0 Å². The summed E-state index contributed by atoms with van der Waals surface area (Å²) >= 11 is 0. The number of aliphatic hydroxyl groups excluding tert-OH is 1. The van der Waals surface area contributed by atoms with Crippen LogP contribution in [0.5, 0.6) is 5.75 Å². The second-order valence-electron chi connectivity index (χ2n) is 15.3. The van der Waals surface area contributed by atoms with Crippen molar-refractivity contribution in [2.24, 2.45) is 0 Å². The number of phosphoric ester groups is 1. The number of aromatic nitrogens is 4. The SMILES string of the molecule is CCCCCCCCCOCCCCCCCCCC[C@H](COP(=O)(O)OC[C@H]1O[C@@H](n2cnc3c(NC)nc(N)nc32)[C@](C)(F)C1O)OCc1ccc(OC)cc1. The summed E-state index contributed by atoms with van der Waals surface area (Å²) in [4.78, 5) is 23.2. The molecule has 4 rings (SSSR count). The van der Waals surface area contributed by atoms with Crippen molar-refractivity contribution in [3.8, 4) is 5.75 Å². The molecular formula is C41H68FN6O9P. The molecule has 58 heavy (non-hydrogen) atoms. The van der Waals surface area contributed by atoms with Crippen LogP contribution in [-0.4, -0.2) is 94.1 Å². The summed E-state index contributed by atoms with van der Waals surface area (Å²) in [5.41, 5.74) is 4.91. The molecule has 0 amide bonds. The van der Waals surface area contributed by atoms with E-state index in [1.807, 2.05) is 24.3 Å². The van der Waals surface area contributed by atoms with Crippen molar-refractivity contribution in [2.75, 3.05) is 51.6 Å². The Morgan fingerprint density at radius 1 is 0.966 bits per heavy atom. The highest BCUT2D eigenvalue weighted by atomic mass is 31.2. The van der Waals surface area contributed by atoms with Gasteiger partial charge in [0, 0.05) is 20.3 Å². The first-order valence-corrected chi connectivity index (χ1v) is 22.6. The van der Waals surface area contributed by atoms with Gasteiger partial charge in [-0.05, 0) is 43.9 Å². The number of hydrogen-bond acceptors (Lipinski definition) is 13. The Balaban J connectivity index is 1.18. The van der Waals surface area contributed by atoms with E-state index in [4.69, 9.17) is 33.7 Å². The van der Waals surface area contributed by atoms with Gasteiger partial charge in [-0.3, -0.25) is 13.6 Å². The van der Waals surface area contributed by atoms with Gasteiger partial charge < -0.3 is 40.0 Å².